The van der Waals surface area contributed by atoms with E-state index in [4.69, 9.17) is 10.5 Å². The van der Waals surface area contributed by atoms with E-state index in [1.807, 2.05) is 0 Å². The molecule has 0 aliphatic carbocycles. The van der Waals surface area contributed by atoms with Gasteiger partial charge in [0.05, 0.1) is 0 Å². The van der Waals surface area contributed by atoms with Crippen LogP contribution in [0.3, 0.4) is 0 Å². The molecule has 5 rings (SSSR count). The van der Waals surface area contributed by atoms with Gasteiger partial charge in [0, 0.05) is 32.7 Å². The molecule has 77 heavy (non-hydrogen) atoms. The number of hydrogen-bond acceptors (Lipinski definition) is 15. The van der Waals surface area contributed by atoms with Crippen molar-refractivity contribution in [1.29, 1.82) is 0 Å². The first-order valence-corrected chi connectivity index (χ1v) is 25.7. The number of rotatable bonds is 17. The number of piperidine rings is 1. The Morgan fingerprint density at radius 2 is 1.30 bits per heavy atom. The lowest BCUT2D eigenvalue weighted by atomic mass is 9.94. The highest BCUT2D eigenvalue weighted by Gasteiger charge is 2.46. The minimum Gasteiger partial charge on any atom is -0.508 e. The fourth-order valence-corrected chi connectivity index (χ4v) is 9.10. The average molecular weight is 1070 g/mol. The second-order valence-corrected chi connectivity index (χ2v) is 20.2. The van der Waals surface area contributed by atoms with E-state index in [0.717, 1.165) is 9.80 Å². The highest BCUT2D eigenvalue weighted by atomic mass is 16.5. The molecular weight excluding hydrogens is 1000 g/mol. The molecule has 2 aliphatic rings. The van der Waals surface area contributed by atoms with E-state index in [1.54, 1.807) is 27.7 Å². The van der Waals surface area contributed by atoms with Crippen LogP contribution >= 0.6 is 0 Å². The van der Waals surface area contributed by atoms with Crippen LogP contribution < -0.4 is 32.3 Å². The lowest BCUT2D eigenvalue weighted by Crippen LogP contribution is -2.65. The summed E-state index contributed by atoms with van der Waals surface area (Å²) in [6.45, 7) is 8.19. The first-order valence-electron chi connectivity index (χ1n) is 25.7. The van der Waals surface area contributed by atoms with Crippen LogP contribution in [0.25, 0.3) is 0 Å². The molecule has 0 saturated carbocycles. The van der Waals surface area contributed by atoms with Crippen LogP contribution in [0.15, 0.2) is 72.8 Å². The van der Waals surface area contributed by atoms with E-state index in [0.29, 0.717) is 16.7 Å². The monoisotopic (exact) mass is 1070 g/mol. The largest absolute Gasteiger partial charge is 0.508 e. The van der Waals surface area contributed by atoms with Gasteiger partial charge in [-0.1, -0.05) is 70.5 Å². The predicted molar refractivity (Wildman–Crippen MR) is 276 cm³/mol. The van der Waals surface area contributed by atoms with Crippen LogP contribution in [0.2, 0.25) is 0 Å². The van der Waals surface area contributed by atoms with E-state index >= 15 is 0 Å². The number of aromatic hydroxyl groups is 3. The Labute approximate surface area is 446 Å². The number of hydrogen-bond donors (Lipinski definition) is 11. The maximum atomic E-state index is 14.9. The predicted octanol–water partition coefficient (Wildman–Crippen LogP) is 0.0556. The number of fused-ring (bicyclic) bond motifs is 2. The smallest absolute Gasteiger partial charge is 0.329 e. The Bertz CT molecular complexity index is 2580. The lowest BCUT2D eigenvalue weighted by Gasteiger charge is -2.43. The van der Waals surface area contributed by atoms with Crippen molar-refractivity contribution in [3.63, 3.8) is 0 Å². The van der Waals surface area contributed by atoms with Gasteiger partial charge < -0.3 is 72.4 Å². The van der Waals surface area contributed by atoms with E-state index < -0.39 is 133 Å². The minimum absolute atomic E-state index is 0.00000440. The van der Waals surface area contributed by atoms with Crippen molar-refractivity contribution in [2.45, 2.75) is 153 Å². The van der Waals surface area contributed by atoms with E-state index in [-0.39, 0.29) is 68.1 Å². The third-order valence-corrected chi connectivity index (χ3v) is 13.8. The molecule has 2 saturated heterocycles. The Hall–Kier alpha value is -7.79. The first-order chi connectivity index (χ1) is 36.4. The number of carbonyl (C=O) groups excluding carboxylic acids is 9. The summed E-state index contributed by atoms with van der Waals surface area (Å²) in [6.07, 6.45) is -6.54. The van der Waals surface area contributed by atoms with Crippen LogP contribution in [0.5, 0.6) is 17.2 Å². The van der Waals surface area contributed by atoms with Gasteiger partial charge in [0.1, 0.15) is 78.0 Å². The number of cyclic esters (lactones) is 1. The minimum atomic E-state index is -1.93. The van der Waals surface area contributed by atoms with Gasteiger partial charge in [0.15, 0.2) is 0 Å². The second-order valence-electron chi connectivity index (χ2n) is 20.2. The van der Waals surface area contributed by atoms with Crippen molar-refractivity contribution in [1.82, 2.24) is 36.4 Å². The van der Waals surface area contributed by atoms with Gasteiger partial charge in [0.2, 0.25) is 47.3 Å². The number of aliphatic hydroxyl groups excluding tert-OH is 2. The zero-order valence-electron chi connectivity index (χ0n) is 44.0. The molecular formula is C54H72N8O15. The van der Waals surface area contributed by atoms with Gasteiger partial charge >= 0.3 is 5.97 Å². The summed E-state index contributed by atoms with van der Waals surface area (Å²) in [4.78, 5) is 130. The van der Waals surface area contributed by atoms with Crippen molar-refractivity contribution in [2.75, 3.05) is 7.05 Å². The Morgan fingerprint density at radius 3 is 1.84 bits per heavy atom. The summed E-state index contributed by atoms with van der Waals surface area (Å²) in [5.41, 5.74) is 6.75. The molecule has 12 N–H and O–H groups in total. The highest BCUT2D eigenvalue weighted by molar-refractivity contribution is 5.98. The fourth-order valence-electron chi connectivity index (χ4n) is 9.10. The number of nitrogens with one attached hydrogen (secondary N) is 5. The number of ether oxygens (including phenoxy) is 1. The molecule has 0 radical (unpaired) electrons. The SMILES string of the molecule is CC[C@H](C)[C@@H]1NC(=O)[C@H](Cc2ccc(O)cc2)N(C)C(=O)[C@H](CC(C)C)N2C(=O)C(CCC2O)NC(=O)[C@H](Cc2ccc(O)cc2)NC(=O)[C@H](NC(=O)[C@H](CCC(N)=O)NC(=O)[C@H](O)Cc2ccc(O)cc2)[C@@H](C)OC1=O. The molecule has 2 unspecified atom stereocenters. The molecule has 23 heteroatoms. The normalized spacial score (nSPS) is 24.2. The van der Waals surface area contributed by atoms with Crippen LogP contribution in [0.1, 0.15) is 89.8 Å². The summed E-state index contributed by atoms with van der Waals surface area (Å²) < 4.78 is 5.94. The molecule has 2 bridgehead atoms. The Kier molecular flexibility index (Phi) is 21.3. The number of carbonyl (C=O) groups is 9. The van der Waals surface area contributed by atoms with Gasteiger partial charge in [-0.25, -0.2) is 4.79 Å². The number of phenols is 3. The van der Waals surface area contributed by atoms with Crippen LogP contribution in [-0.2, 0) is 67.2 Å². The number of likely N-dealkylation sites (N-methyl/N-ethyl adjacent to an activating group) is 1. The highest BCUT2D eigenvalue weighted by Crippen LogP contribution is 2.27. The third-order valence-electron chi connectivity index (χ3n) is 13.8. The standard InChI is InChI=1S/C54H72N8O15/c1-7-29(4)45-54(76)77-30(5)46(60-47(69)37(20-22-43(55)67)56-50(72)42(66)27-33-12-18-36(65)19-13-33)51(73)58-39(25-31-8-14-34(63)15-9-31)48(70)57-38-21-23-44(68)62(52(38)74)41(24-28(2)3)53(75)61(6)40(49(71)59-45)26-32-10-16-35(64)17-11-32/h8-19,28-30,37-42,44-46,63-66,68H,7,20-27H2,1-6H3,(H2,55,67)(H,56,72)(H,57,70)(H,58,73)(H,59,71)(H,60,69)/t29-,30+,37-,38?,39-,40-,41-,42+,44?,45-,46+/m0/s1. The van der Waals surface area contributed by atoms with Crippen LogP contribution in [-0.4, -0.2) is 156 Å². The van der Waals surface area contributed by atoms with Crippen molar-refractivity contribution < 1.29 is 73.4 Å². The van der Waals surface area contributed by atoms with Crippen molar-refractivity contribution >= 4 is 53.2 Å². The van der Waals surface area contributed by atoms with Gasteiger partial charge in [-0.2, -0.15) is 0 Å². The fraction of sp³-hybridized carbons (Fsp3) is 0.500. The average Bonchev–Trinajstić information content (AvgIpc) is 3.38. The van der Waals surface area contributed by atoms with Crippen molar-refractivity contribution in [3.8, 4) is 17.2 Å². The molecule has 2 fully saturated rings. The number of nitrogens with two attached hydrogens (primary N) is 1. The molecule has 11 atom stereocenters. The zero-order chi connectivity index (χ0) is 56.8. The molecule has 23 nitrogen and oxygen atoms in total. The summed E-state index contributed by atoms with van der Waals surface area (Å²) in [5.74, 6) is -9.89. The number of nitrogens with zero attached hydrogens (tertiary/aromatic N) is 2. The van der Waals surface area contributed by atoms with Crippen molar-refractivity contribution in [2.24, 2.45) is 17.6 Å². The molecule has 418 valence electrons. The van der Waals surface area contributed by atoms with Gasteiger partial charge in [-0.15, -0.1) is 0 Å². The van der Waals surface area contributed by atoms with E-state index in [1.165, 1.54) is 86.8 Å². The summed E-state index contributed by atoms with van der Waals surface area (Å²) in [5, 5.41) is 65.1. The second kappa shape index (κ2) is 27.3. The molecule has 3 aromatic carbocycles. The molecule has 2 aliphatic heterocycles. The maximum absolute atomic E-state index is 14.9. The summed E-state index contributed by atoms with van der Waals surface area (Å²) in [7, 11) is 1.34. The molecule has 3 aromatic rings. The van der Waals surface area contributed by atoms with Crippen LogP contribution in [0.4, 0.5) is 0 Å². The zero-order valence-corrected chi connectivity index (χ0v) is 44.0. The Balaban J connectivity index is 1.62. The summed E-state index contributed by atoms with van der Waals surface area (Å²) in [6, 6.07) is 6.22. The van der Waals surface area contributed by atoms with Gasteiger partial charge in [-0.05, 0) is 97.5 Å². The number of amides is 8. The topological polar surface area (TPSA) is 357 Å². The molecule has 2 heterocycles. The van der Waals surface area contributed by atoms with Crippen molar-refractivity contribution in [3.05, 3.63) is 89.5 Å². The lowest BCUT2D eigenvalue weighted by molar-refractivity contribution is -0.166. The summed E-state index contributed by atoms with van der Waals surface area (Å²) >= 11 is 0. The number of benzene rings is 3. The number of phenolic OH excluding ortho intramolecular Hbond substituents is 3. The van der Waals surface area contributed by atoms with E-state index in [2.05, 4.69) is 26.6 Å². The molecule has 8 amide bonds. The first kappa shape index (κ1) is 60.1. The van der Waals surface area contributed by atoms with Gasteiger partial charge in [0.25, 0.3) is 0 Å². The van der Waals surface area contributed by atoms with E-state index in [9.17, 15) is 68.7 Å². The molecule has 0 aromatic heterocycles. The molecule has 0 spiro atoms. The van der Waals surface area contributed by atoms with Crippen LogP contribution in [0, 0.1) is 11.8 Å². The maximum Gasteiger partial charge on any atom is 0.329 e. The number of aliphatic hydroxyl groups is 2. The Morgan fingerprint density at radius 1 is 0.740 bits per heavy atom. The van der Waals surface area contributed by atoms with Gasteiger partial charge in [-0.3, -0.25) is 38.4 Å². The number of esters is 1. The number of primary amides is 1. The quantitative estimate of drug-likeness (QED) is 0.0797. The third kappa shape index (κ3) is 16.6.